The minimum absolute atomic E-state index is 0.365. The van der Waals surface area contributed by atoms with E-state index in [1.165, 1.54) is 6.07 Å². The lowest BCUT2D eigenvalue weighted by Crippen LogP contribution is -2.36. The highest BCUT2D eigenvalue weighted by molar-refractivity contribution is 6.30. The molecular formula is C23H23ClFN3O. The van der Waals surface area contributed by atoms with Gasteiger partial charge >= 0.3 is 0 Å². The van der Waals surface area contributed by atoms with E-state index in [1.54, 1.807) is 24.3 Å². The van der Waals surface area contributed by atoms with Gasteiger partial charge in [0.25, 0.3) is 0 Å². The van der Waals surface area contributed by atoms with E-state index >= 15 is 0 Å². The maximum atomic E-state index is 14.5. The highest BCUT2D eigenvalue weighted by Gasteiger charge is 2.18. The lowest BCUT2D eigenvalue weighted by atomic mass is 10.1. The summed E-state index contributed by atoms with van der Waals surface area (Å²) in [4.78, 5) is 11.5. The second-order valence-corrected chi connectivity index (χ2v) is 6.98. The largest absolute Gasteiger partial charge is 0.378 e. The lowest BCUT2D eigenvalue weighted by Gasteiger charge is -2.28. The fourth-order valence-electron chi connectivity index (χ4n) is 3.06. The molecular weight excluding hydrogens is 389 g/mol. The van der Waals surface area contributed by atoms with Gasteiger partial charge in [0.15, 0.2) is 0 Å². The number of hydrogen-bond donors (Lipinski definition) is 0. The number of aryl methyl sites for hydroxylation is 1. The van der Waals surface area contributed by atoms with Crippen molar-refractivity contribution in [3.05, 3.63) is 78.2 Å². The first-order valence-electron chi connectivity index (χ1n) is 9.33. The highest BCUT2D eigenvalue weighted by atomic mass is 35.5. The average molecular weight is 412 g/mol. The molecule has 0 radical (unpaired) electrons. The third-order valence-electron chi connectivity index (χ3n) is 4.50. The number of nitrogens with zero attached hydrogens (tertiary/aromatic N) is 3. The molecule has 1 aliphatic heterocycles. The van der Waals surface area contributed by atoms with Gasteiger partial charge < -0.3 is 9.64 Å². The van der Waals surface area contributed by atoms with E-state index < -0.39 is 0 Å². The molecule has 4 nitrogen and oxygen atoms in total. The zero-order chi connectivity index (χ0) is 20.8. The van der Waals surface area contributed by atoms with Crippen molar-refractivity contribution in [3.63, 3.8) is 0 Å². The molecule has 0 saturated carbocycles. The normalized spacial score (nSPS) is 13.6. The molecule has 0 spiro atoms. The predicted octanol–water partition coefficient (Wildman–Crippen LogP) is 5.59. The Bertz CT molecular complexity index is 1030. The smallest absolute Gasteiger partial charge is 0.134 e. The van der Waals surface area contributed by atoms with Gasteiger partial charge in [-0.1, -0.05) is 36.9 Å². The van der Waals surface area contributed by atoms with E-state index in [-0.39, 0.29) is 5.82 Å². The summed E-state index contributed by atoms with van der Waals surface area (Å²) in [7, 11) is 0. The number of aromatic nitrogens is 2. The second-order valence-electron chi connectivity index (χ2n) is 6.54. The number of allylic oxidation sites excluding steroid dienone is 2. The van der Waals surface area contributed by atoms with Crippen molar-refractivity contribution in [2.24, 2.45) is 0 Å². The average Bonchev–Trinajstić information content (AvgIpc) is 2.73. The van der Waals surface area contributed by atoms with Crippen molar-refractivity contribution in [3.8, 4) is 11.3 Å². The molecule has 150 valence electrons. The Morgan fingerprint density at radius 2 is 1.79 bits per heavy atom. The van der Waals surface area contributed by atoms with Gasteiger partial charge in [0, 0.05) is 40.8 Å². The molecule has 1 saturated heterocycles. The molecule has 3 heterocycles. The van der Waals surface area contributed by atoms with Crippen LogP contribution in [0.15, 0.2) is 61.7 Å². The molecule has 0 N–H and O–H groups in total. The third kappa shape index (κ3) is 5.00. The van der Waals surface area contributed by atoms with Crippen molar-refractivity contribution >= 4 is 28.3 Å². The summed E-state index contributed by atoms with van der Waals surface area (Å²) in [6.45, 7) is 11.5. The standard InChI is InChI=1S/C19H17ClFN3O.C4H6/c1-12-2-4-15-17(22-12)11-18(24-6-8-25-9-7-24)23-19(15)14-5-3-13(20)10-16(14)21;1-3-4-2/h2-5,10-11H,6-9H2,1H3;3-4H,1-2H2. The number of hydrogen-bond acceptors (Lipinski definition) is 4. The lowest BCUT2D eigenvalue weighted by molar-refractivity contribution is 0.122. The van der Waals surface area contributed by atoms with Gasteiger partial charge in [-0.2, -0.15) is 0 Å². The number of fused-ring (bicyclic) bond motifs is 1. The Morgan fingerprint density at radius 3 is 2.45 bits per heavy atom. The summed E-state index contributed by atoms with van der Waals surface area (Å²) >= 11 is 5.90. The molecule has 0 aliphatic carbocycles. The SMILES string of the molecule is C=CC=C.Cc1ccc2c(-c3ccc(Cl)cc3F)nc(N3CCOCC3)cc2n1. The van der Waals surface area contributed by atoms with Crippen molar-refractivity contribution in [2.75, 3.05) is 31.2 Å². The Hall–Kier alpha value is -2.76. The van der Waals surface area contributed by atoms with Crippen LogP contribution in [-0.2, 0) is 4.74 Å². The van der Waals surface area contributed by atoms with E-state index in [1.807, 2.05) is 25.1 Å². The molecule has 1 fully saturated rings. The Balaban J connectivity index is 0.000000552. The zero-order valence-corrected chi connectivity index (χ0v) is 17.1. The molecule has 0 unspecified atom stereocenters. The van der Waals surface area contributed by atoms with Crippen LogP contribution < -0.4 is 4.90 Å². The quantitative estimate of drug-likeness (QED) is 0.526. The van der Waals surface area contributed by atoms with Crippen LogP contribution in [0.4, 0.5) is 10.2 Å². The third-order valence-corrected chi connectivity index (χ3v) is 4.73. The van der Waals surface area contributed by atoms with Gasteiger partial charge in [0.1, 0.15) is 11.6 Å². The molecule has 1 aromatic carbocycles. The van der Waals surface area contributed by atoms with E-state index in [9.17, 15) is 4.39 Å². The number of pyridine rings is 2. The van der Waals surface area contributed by atoms with Crippen LogP contribution in [0.3, 0.4) is 0 Å². The van der Waals surface area contributed by atoms with Crippen LogP contribution >= 0.6 is 11.6 Å². The Kier molecular flexibility index (Phi) is 6.96. The molecule has 0 amide bonds. The van der Waals surface area contributed by atoms with E-state index in [0.717, 1.165) is 35.5 Å². The molecule has 6 heteroatoms. The number of benzene rings is 1. The zero-order valence-electron chi connectivity index (χ0n) is 16.4. The summed E-state index contributed by atoms with van der Waals surface area (Å²) in [5.74, 6) is 0.402. The minimum Gasteiger partial charge on any atom is -0.378 e. The number of anilines is 1. The number of morpholine rings is 1. The van der Waals surface area contributed by atoms with Crippen LogP contribution in [-0.4, -0.2) is 36.3 Å². The van der Waals surface area contributed by atoms with Crippen LogP contribution in [0, 0.1) is 12.7 Å². The van der Waals surface area contributed by atoms with Gasteiger partial charge in [-0.05, 0) is 37.3 Å². The number of halogens is 2. The van der Waals surface area contributed by atoms with E-state index in [4.69, 9.17) is 21.3 Å². The maximum Gasteiger partial charge on any atom is 0.134 e. The first-order chi connectivity index (χ1) is 14.0. The molecule has 29 heavy (non-hydrogen) atoms. The number of ether oxygens (including phenoxy) is 1. The van der Waals surface area contributed by atoms with Gasteiger partial charge in [-0.25, -0.2) is 9.37 Å². The Morgan fingerprint density at radius 1 is 1.07 bits per heavy atom. The monoisotopic (exact) mass is 411 g/mol. The van der Waals surface area contributed by atoms with Crippen molar-refractivity contribution in [2.45, 2.75) is 6.92 Å². The molecule has 2 aromatic heterocycles. The summed E-state index contributed by atoms with van der Waals surface area (Å²) < 4.78 is 20.0. The van der Waals surface area contributed by atoms with Gasteiger partial charge in [0.2, 0.25) is 0 Å². The molecule has 4 rings (SSSR count). The molecule has 3 aromatic rings. The van der Waals surface area contributed by atoms with Crippen LogP contribution in [0.1, 0.15) is 5.69 Å². The highest BCUT2D eigenvalue weighted by Crippen LogP contribution is 2.32. The van der Waals surface area contributed by atoms with Gasteiger partial charge in [-0.3, -0.25) is 4.98 Å². The summed E-state index contributed by atoms with van der Waals surface area (Å²) in [6.07, 6.45) is 3.28. The summed E-state index contributed by atoms with van der Waals surface area (Å²) in [5.41, 5.74) is 2.73. The van der Waals surface area contributed by atoms with Crippen molar-refractivity contribution < 1.29 is 9.13 Å². The minimum atomic E-state index is -0.388. The van der Waals surface area contributed by atoms with Gasteiger partial charge in [-0.15, -0.1) is 0 Å². The van der Waals surface area contributed by atoms with Crippen molar-refractivity contribution in [1.82, 2.24) is 9.97 Å². The first kappa shape index (κ1) is 21.0. The topological polar surface area (TPSA) is 38.2 Å². The van der Waals surface area contributed by atoms with Crippen LogP contribution in [0.5, 0.6) is 0 Å². The number of rotatable bonds is 3. The van der Waals surface area contributed by atoms with Crippen molar-refractivity contribution in [1.29, 1.82) is 0 Å². The summed E-state index contributed by atoms with van der Waals surface area (Å²) in [6, 6.07) is 10.5. The molecule has 0 atom stereocenters. The maximum absolute atomic E-state index is 14.5. The fourth-order valence-corrected chi connectivity index (χ4v) is 3.22. The molecule has 0 bridgehead atoms. The summed E-state index contributed by atoms with van der Waals surface area (Å²) in [5, 5.41) is 1.19. The van der Waals surface area contributed by atoms with Gasteiger partial charge in [0.05, 0.1) is 24.4 Å². The van der Waals surface area contributed by atoms with E-state index in [0.29, 0.717) is 29.5 Å². The van der Waals surface area contributed by atoms with E-state index in [2.05, 4.69) is 23.0 Å². The molecule has 1 aliphatic rings. The fraction of sp³-hybridized carbons (Fsp3) is 0.217. The Labute approximate surface area is 175 Å². The predicted molar refractivity (Wildman–Crippen MR) is 118 cm³/mol. The second kappa shape index (κ2) is 9.63. The first-order valence-corrected chi connectivity index (χ1v) is 9.71. The van der Waals surface area contributed by atoms with Crippen LogP contribution in [0.2, 0.25) is 5.02 Å². The van der Waals surface area contributed by atoms with Crippen LogP contribution in [0.25, 0.3) is 22.2 Å².